The Morgan fingerprint density at radius 2 is 0.643 bits per heavy atom. The van der Waals surface area contributed by atoms with E-state index in [1.807, 2.05) is 90.1 Å². The van der Waals surface area contributed by atoms with Crippen molar-refractivity contribution in [3.05, 3.63) is 48.6 Å². The lowest BCUT2D eigenvalue weighted by atomic mass is 10.4. The van der Waals surface area contributed by atoms with E-state index in [1.54, 1.807) is 0 Å². The van der Waals surface area contributed by atoms with Crippen LogP contribution in [0.2, 0.25) is 0 Å². The maximum absolute atomic E-state index is 2.00. The number of allylic oxidation sites excluding steroid dienone is 2. The van der Waals surface area contributed by atoms with Crippen molar-refractivity contribution in [2.75, 3.05) is 0 Å². The molecule has 0 aliphatic carbocycles. The SMILES string of the molecule is C/C=C\C.CC.CC.c1ccccc1. The minimum Gasteiger partial charge on any atom is -0.0919 e. The summed E-state index contributed by atoms with van der Waals surface area (Å²) in [4.78, 5) is 0. The normalized spacial score (nSPS) is 7.00. The molecule has 14 heavy (non-hydrogen) atoms. The van der Waals surface area contributed by atoms with Gasteiger partial charge in [-0.05, 0) is 13.8 Å². The van der Waals surface area contributed by atoms with E-state index >= 15 is 0 Å². The standard InChI is InChI=1S/C6H6.C4H8.2C2H6/c1-2-4-6-5-3-1;1-3-4-2;2*1-2/h1-6H;3-4H,1-2H3;2*1-2H3/b;4-3-;;. The highest BCUT2D eigenvalue weighted by Gasteiger charge is 1.57. The quantitative estimate of drug-likeness (QED) is 0.490. The molecule has 1 aromatic carbocycles. The molecule has 0 unspecified atom stereocenters. The van der Waals surface area contributed by atoms with Crippen LogP contribution < -0.4 is 0 Å². The van der Waals surface area contributed by atoms with Gasteiger partial charge in [-0.2, -0.15) is 0 Å². The van der Waals surface area contributed by atoms with Gasteiger partial charge in [0, 0.05) is 0 Å². The van der Waals surface area contributed by atoms with E-state index in [0.29, 0.717) is 0 Å². The highest BCUT2D eigenvalue weighted by molar-refractivity contribution is 4.99. The minimum atomic E-state index is 2.00. The number of hydrogen-bond donors (Lipinski definition) is 0. The molecule has 0 saturated carbocycles. The van der Waals surface area contributed by atoms with Gasteiger partial charge in [0.25, 0.3) is 0 Å². The molecular weight excluding hydrogens is 168 g/mol. The number of rotatable bonds is 0. The van der Waals surface area contributed by atoms with Crippen LogP contribution in [0.1, 0.15) is 41.5 Å². The monoisotopic (exact) mass is 194 g/mol. The van der Waals surface area contributed by atoms with E-state index < -0.39 is 0 Å². The van der Waals surface area contributed by atoms with Crippen LogP contribution in [-0.4, -0.2) is 0 Å². The zero-order chi connectivity index (χ0) is 11.7. The van der Waals surface area contributed by atoms with E-state index in [1.165, 1.54) is 0 Å². The first-order chi connectivity index (χ1) is 6.91. The molecule has 0 nitrogen and oxygen atoms in total. The van der Waals surface area contributed by atoms with Gasteiger partial charge in [0.05, 0.1) is 0 Å². The molecule has 0 aliphatic heterocycles. The van der Waals surface area contributed by atoms with Gasteiger partial charge in [-0.25, -0.2) is 0 Å². The fourth-order valence-corrected chi connectivity index (χ4v) is 0.385. The summed E-state index contributed by atoms with van der Waals surface area (Å²) in [5.74, 6) is 0. The molecule has 0 spiro atoms. The molecule has 82 valence electrons. The third-order valence-electron chi connectivity index (χ3n) is 1.00. The molecular formula is C14H26. The first-order valence-corrected chi connectivity index (χ1v) is 5.49. The fourth-order valence-electron chi connectivity index (χ4n) is 0.385. The van der Waals surface area contributed by atoms with Gasteiger partial charge >= 0.3 is 0 Å². The molecule has 0 aromatic heterocycles. The van der Waals surface area contributed by atoms with Crippen molar-refractivity contribution in [2.45, 2.75) is 41.5 Å². The molecule has 0 saturated heterocycles. The van der Waals surface area contributed by atoms with Crippen molar-refractivity contribution >= 4 is 0 Å². The Morgan fingerprint density at radius 1 is 0.500 bits per heavy atom. The molecule has 0 bridgehead atoms. The van der Waals surface area contributed by atoms with Crippen molar-refractivity contribution in [1.82, 2.24) is 0 Å². The molecule has 0 heteroatoms. The van der Waals surface area contributed by atoms with Crippen molar-refractivity contribution in [3.63, 3.8) is 0 Å². The van der Waals surface area contributed by atoms with Crippen molar-refractivity contribution < 1.29 is 0 Å². The summed E-state index contributed by atoms with van der Waals surface area (Å²) in [5.41, 5.74) is 0. The van der Waals surface area contributed by atoms with Gasteiger partial charge in [0.15, 0.2) is 0 Å². The highest BCUT2D eigenvalue weighted by Crippen LogP contribution is 1.79. The summed E-state index contributed by atoms with van der Waals surface area (Å²) in [6, 6.07) is 12.0. The fraction of sp³-hybridized carbons (Fsp3) is 0.429. The zero-order valence-corrected chi connectivity index (χ0v) is 10.6. The minimum absolute atomic E-state index is 2.00. The van der Waals surface area contributed by atoms with Gasteiger partial charge in [-0.1, -0.05) is 76.2 Å². The van der Waals surface area contributed by atoms with Gasteiger partial charge in [-0.15, -0.1) is 0 Å². The van der Waals surface area contributed by atoms with Gasteiger partial charge in [-0.3, -0.25) is 0 Å². The van der Waals surface area contributed by atoms with Crippen molar-refractivity contribution in [2.24, 2.45) is 0 Å². The van der Waals surface area contributed by atoms with E-state index in [4.69, 9.17) is 0 Å². The second-order valence-electron chi connectivity index (χ2n) is 1.82. The Morgan fingerprint density at radius 3 is 0.714 bits per heavy atom. The Balaban J connectivity index is -0.000000134. The summed E-state index contributed by atoms with van der Waals surface area (Å²) >= 11 is 0. The predicted octanol–water partition coefficient (Wildman–Crippen LogP) is 5.32. The van der Waals surface area contributed by atoms with Crippen molar-refractivity contribution in [3.8, 4) is 0 Å². The molecule has 0 N–H and O–H groups in total. The van der Waals surface area contributed by atoms with Crippen LogP contribution in [0.4, 0.5) is 0 Å². The lowest BCUT2D eigenvalue weighted by molar-refractivity contribution is 1.50. The van der Waals surface area contributed by atoms with Crippen LogP contribution in [0.5, 0.6) is 0 Å². The molecule has 0 radical (unpaired) electrons. The average Bonchev–Trinajstić information content (AvgIpc) is 2.36. The van der Waals surface area contributed by atoms with Gasteiger partial charge in [0.2, 0.25) is 0 Å². The van der Waals surface area contributed by atoms with E-state index in [0.717, 1.165) is 0 Å². The number of hydrogen-bond acceptors (Lipinski definition) is 0. The van der Waals surface area contributed by atoms with Crippen LogP contribution in [0.25, 0.3) is 0 Å². The maximum atomic E-state index is 2.00. The summed E-state index contributed by atoms with van der Waals surface area (Å²) in [5, 5.41) is 0. The Hall–Kier alpha value is -1.04. The Bertz CT molecular complexity index is 120. The predicted molar refractivity (Wildman–Crippen MR) is 69.6 cm³/mol. The topological polar surface area (TPSA) is 0 Å². The summed E-state index contributed by atoms with van der Waals surface area (Å²) in [6.07, 6.45) is 4.00. The van der Waals surface area contributed by atoms with Gasteiger partial charge < -0.3 is 0 Å². The second-order valence-corrected chi connectivity index (χ2v) is 1.82. The van der Waals surface area contributed by atoms with Crippen LogP contribution in [0, 0.1) is 0 Å². The van der Waals surface area contributed by atoms with Crippen molar-refractivity contribution in [1.29, 1.82) is 0 Å². The van der Waals surface area contributed by atoms with Crippen LogP contribution >= 0.6 is 0 Å². The van der Waals surface area contributed by atoms with Gasteiger partial charge in [0.1, 0.15) is 0 Å². The number of benzene rings is 1. The largest absolute Gasteiger partial charge is 0.0919 e. The summed E-state index contributed by atoms with van der Waals surface area (Å²) in [6.45, 7) is 12.0. The summed E-state index contributed by atoms with van der Waals surface area (Å²) < 4.78 is 0. The third kappa shape index (κ3) is 30.6. The van der Waals surface area contributed by atoms with E-state index in [-0.39, 0.29) is 0 Å². The summed E-state index contributed by atoms with van der Waals surface area (Å²) in [7, 11) is 0. The van der Waals surface area contributed by atoms with Crippen LogP contribution in [-0.2, 0) is 0 Å². The first-order valence-electron chi connectivity index (χ1n) is 5.49. The molecule has 0 atom stereocenters. The van der Waals surface area contributed by atoms with E-state index in [2.05, 4.69) is 0 Å². The molecule has 0 heterocycles. The second kappa shape index (κ2) is 29.7. The average molecular weight is 194 g/mol. The van der Waals surface area contributed by atoms with E-state index in [9.17, 15) is 0 Å². The maximum Gasteiger partial charge on any atom is -0.0470 e. The molecule has 1 aromatic rings. The Labute approximate surface area is 90.7 Å². The lowest BCUT2D eigenvalue weighted by Gasteiger charge is -1.69. The molecule has 0 amide bonds. The first kappa shape index (κ1) is 18.7. The molecule has 0 fully saturated rings. The zero-order valence-electron chi connectivity index (χ0n) is 10.6. The van der Waals surface area contributed by atoms with Crippen LogP contribution in [0.3, 0.4) is 0 Å². The highest BCUT2D eigenvalue weighted by atomic mass is 13.6. The molecule has 0 aliphatic rings. The Kier molecular flexibility index (Phi) is 39.6. The smallest absolute Gasteiger partial charge is 0.0470 e. The third-order valence-corrected chi connectivity index (χ3v) is 1.00. The lowest BCUT2D eigenvalue weighted by Crippen LogP contribution is -1.47. The molecule has 1 rings (SSSR count). The van der Waals surface area contributed by atoms with Crippen LogP contribution in [0.15, 0.2) is 48.6 Å².